The van der Waals surface area contributed by atoms with Crippen molar-refractivity contribution in [1.82, 2.24) is 10.2 Å². The van der Waals surface area contributed by atoms with Crippen molar-refractivity contribution >= 4 is 16.9 Å². The van der Waals surface area contributed by atoms with Gasteiger partial charge in [0.1, 0.15) is 0 Å². The molecule has 2 rings (SSSR count). The van der Waals surface area contributed by atoms with E-state index in [0.717, 1.165) is 19.5 Å². The molecular formula is C8H14N2OS. The van der Waals surface area contributed by atoms with Gasteiger partial charge in [-0.2, -0.15) is 0 Å². The highest BCUT2D eigenvalue weighted by Crippen LogP contribution is 2.40. The Kier molecular flexibility index (Phi) is 2.14. The van der Waals surface area contributed by atoms with E-state index >= 15 is 0 Å². The Bertz CT molecular complexity index is 201. The zero-order valence-corrected chi connectivity index (χ0v) is 8.12. The number of rotatable bonds is 0. The molecule has 0 aromatic rings. The van der Waals surface area contributed by atoms with E-state index in [1.807, 2.05) is 7.05 Å². The maximum Gasteiger partial charge on any atom is 0.204 e. The normalized spacial score (nSPS) is 37.9. The van der Waals surface area contributed by atoms with Gasteiger partial charge in [-0.1, -0.05) is 11.8 Å². The number of nitrogens with one attached hydrogen (secondary N) is 1. The molecule has 2 aliphatic rings. The fraction of sp³-hybridized carbons (Fsp3) is 0.875. The number of nitrogens with zero attached hydrogens (tertiary/aromatic N) is 1. The number of thioether (sulfide) groups is 1. The van der Waals surface area contributed by atoms with E-state index in [0.29, 0.717) is 11.7 Å². The van der Waals surface area contributed by atoms with Crippen molar-refractivity contribution < 1.29 is 4.79 Å². The molecule has 0 bridgehead atoms. The molecule has 1 N–H and O–H groups in total. The van der Waals surface area contributed by atoms with E-state index < -0.39 is 0 Å². The van der Waals surface area contributed by atoms with E-state index in [2.05, 4.69) is 10.2 Å². The van der Waals surface area contributed by atoms with Gasteiger partial charge in [0.2, 0.25) is 5.12 Å². The first-order valence-corrected chi connectivity index (χ1v) is 5.18. The first-order chi connectivity index (χ1) is 5.73. The van der Waals surface area contributed by atoms with E-state index in [9.17, 15) is 4.79 Å². The van der Waals surface area contributed by atoms with Crippen LogP contribution < -0.4 is 5.32 Å². The van der Waals surface area contributed by atoms with Crippen molar-refractivity contribution in [3.8, 4) is 0 Å². The molecule has 2 saturated heterocycles. The summed E-state index contributed by atoms with van der Waals surface area (Å²) in [7, 11) is 2.05. The zero-order valence-electron chi connectivity index (χ0n) is 7.30. The zero-order chi connectivity index (χ0) is 8.60. The Hall–Kier alpha value is -0.0600. The van der Waals surface area contributed by atoms with E-state index in [4.69, 9.17) is 0 Å². The number of carbonyl (C=O) groups excluding carboxylic acids is 1. The standard InChI is InChI=1S/C8H14N2OS/c1-10-5-7(11)12-8(10)3-2-4-9-6-8/h9H,2-6H2,1H3. The van der Waals surface area contributed by atoms with Crippen LogP contribution in [0.25, 0.3) is 0 Å². The van der Waals surface area contributed by atoms with Crippen LogP contribution in [-0.4, -0.2) is 41.6 Å². The molecule has 3 nitrogen and oxygen atoms in total. The van der Waals surface area contributed by atoms with Gasteiger partial charge in [0, 0.05) is 6.54 Å². The van der Waals surface area contributed by atoms with Gasteiger partial charge in [-0.15, -0.1) is 0 Å². The predicted molar refractivity (Wildman–Crippen MR) is 50.1 cm³/mol. The highest BCUT2D eigenvalue weighted by atomic mass is 32.2. The molecule has 68 valence electrons. The van der Waals surface area contributed by atoms with Gasteiger partial charge in [-0.3, -0.25) is 9.69 Å². The van der Waals surface area contributed by atoms with Crippen molar-refractivity contribution in [3.05, 3.63) is 0 Å². The summed E-state index contributed by atoms with van der Waals surface area (Å²) in [5.74, 6) is 0. The Morgan fingerprint density at radius 2 is 2.50 bits per heavy atom. The maximum atomic E-state index is 11.2. The van der Waals surface area contributed by atoms with Gasteiger partial charge in [-0.05, 0) is 26.4 Å². The monoisotopic (exact) mass is 186 g/mol. The Morgan fingerprint density at radius 1 is 1.67 bits per heavy atom. The Labute approximate surface area is 76.9 Å². The molecule has 1 atom stereocenters. The molecule has 1 unspecified atom stereocenters. The molecule has 1 spiro atoms. The van der Waals surface area contributed by atoms with Gasteiger partial charge in [0.15, 0.2) is 0 Å². The lowest BCUT2D eigenvalue weighted by Crippen LogP contribution is -2.50. The minimum absolute atomic E-state index is 0.0926. The molecule has 0 radical (unpaired) electrons. The predicted octanol–water partition coefficient (Wildman–Crippen LogP) is 0.271. The molecule has 0 saturated carbocycles. The van der Waals surface area contributed by atoms with Crippen molar-refractivity contribution in [1.29, 1.82) is 0 Å². The first-order valence-electron chi connectivity index (χ1n) is 4.37. The number of likely N-dealkylation sites (N-methyl/N-ethyl adjacent to an activating group) is 1. The van der Waals surface area contributed by atoms with Crippen molar-refractivity contribution in [3.63, 3.8) is 0 Å². The van der Waals surface area contributed by atoms with Crippen LogP contribution in [0.3, 0.4) is 0 Å². The average molecular weight is 186 g/mol. The number of hydrogen-bond acceptors (Lipinski definition) is 4. The molecule has 0 amide bonds. The van der Waals surface area contributed by atoms with E-state index in [-0.39, 0.29) is 4.87 Å². The van der Waals surface area contributed by atoms with Crippen molar-refractivity contribution in [2.75, 3.05) is 26.7 Å². The molecule has 12 heavy (non-hydrogen) atoms. The van der Waals surface area contributed by atoms with Crippen molar-refractivity contribution in [2.24, 2.45) is 0 Å². The number of carbonyl (C=O) groups is 1. The summed E-state index contributed by atoms with van der Waals surface area (Å²) in [5.41, 5.74) is 0. The molecular weight excluding hydrogens is 172 g/mol. The van der Waals surface area contributed by atoms with Crippen LogP contribution in [0.15, 0.2) is 0 Å². The molecule has 0 aromatic heterocycles. The minimum atomic E-state index is 0.0926. The lowest BCUT2D eigenvalue weighted by atomic mass is 10.1. The Balaban J connectivity index is 2.13. The van der Waals surface area contributed by atoms with Gasteiger partial charge in [-0.25, -0.2) is 0 Å². The molecule has 0 aliphatic carbocycles. The van der Waals surface area contributed by atoms with Crippen molar-refractivity contribution in [2.45, 2.75) is 17.7 Å². The van der Waals surface area contributed by atoms with Crippen LogP contribution in [-0.2, 0) is 4.79 Å². The summed E-state index contributed by atoms with van der Waals surface area (Å²) >= 11 is 1.52. The van der Waals surface area contributed by atoms with Crippen LogP contribution >= 0.6 is 11.8 Å². The molecule has 2 aliphatic heterocycles. The second-order valence-electron chi connectivity index (χ2n) is 3.56. The van der Waals surface area contributed by atoms with Crippen LogP contribution in [0.1, 0.15) is 12.8 Å². The lowest BCUT2D eigenvalue weighted by molar-refractivity contribution is -0.111. The molecule has 4 heteroatoms. The summed E-state index contributed by atoms with van der Waals surface area (Å²) in [6, 6.07) is 0. The summed E-state index contributed by atoms with van der Waals surface area (Å²) in [5, 5.41) is 3.67. The average Bonchev–Trinajstić information content (AvgIpc) is 2.29. The third-order valence-corrected chi connectivity index (χ3v) is 4.08. The largest absolute Gasteiger partial charge is 0.314 e. The highest BCUT2D eigenvalue weighted by Gasteiger charge is 2.44. The molecule has 0 aromatic carbocycles. The van der Waals surface area contributed by atoms with Gasteiger partial charge in [0.25, 0.3) is 0 Å². The fourth-order valence-corrected chi connectivity index (χ4v) is 3.26. The molecule has 2 fully saturated rings. The highest BCUT2D eigenvalue weighted by molar-refractivity contribution is 8.15. The topological polar surface area (TPSA) is 32.3 Å². The lowest BCUT2D eigenvalue weighted by Gasteiger charge is -2.37. The summed E-state index contributed by atoms with van der Waals surface area (Å²) in [6.45, 7) is 2.68. The first kappa shape index (κ1) is 8.53. The van der Waals surface area contributed by atoms with Crippen LogP contribution in [0.5, 0.6) is 0 Å². The smallest absolute Gasteiger partial charge is 0.204 e. The summed E-state index contributed by atoms with van der Waals surface area (Å²) in [6.07, 6.45) is 2.33. The minimum Gasteiger partial charge on any atom is -0.314 e. The quantitative estimate of drug-likeness (QED) is 0.588. The third kappa shape index (κ3) is 1.28. The maximum absolute atomic E-state index is 11.2. The van der Waals surface area contributed by atoms with Crippen LogP contribution in [0.4, 0.5) is 0 Å². The van der Waals surface area contributed by atoms with E-state index in [1.54, 1.807) is 0 Å². The summed E-state index contributed by atoms with van der Waals surface area (Å²) in [4.78, 5) is 13.5. The SMILES string of the molecule is CN1CC(=O)SC12CCCNC2. The third-order valence-electron chi connectivity index (χ3n) is 2.69. The van der Waals surface area contributed by atoms with Crippen LogP contribution in [0, 0.1) is 0 Å². The Morgan fingerprint density at radius 3 is 3.00 bits per heavy atom. The van der Waals surface area contributed by atoms with Gasteiger partial charge >= 0.3 is 0 Å². The van der Waals surface area contributed by atoms with Gasteiger partial charge in [0.05, 0.1) is 11.4 Å². The summed E-state index contributed by atoms with van der Waals surface area (Å²) < 4.78 is 0. The number of hydrogen-bond donors (Lipinski definition) is 1. The van der Waals surface area contributed by atoms with Crippen LogP contribution in [0.2, 0.25) is 0 Å². The second-order valence-corrected chi connectivity index (χ2v) is 4.98. The second kappa shape index (κ2) is 3.01. The molecule has 2 heterocycles. The van der Waals surface area contributed by atoms with Gasteiger partial charge < -0.3 is 5.32 Å². The van der Waals surface area contributed by atoms with E-state index in [1.165, 1.54) is 18.2 Å². The number of piperidine rings is 1. The fourth-order valence-electron chi connectivity index (χ4n) is 1.93.